The van der Waals surface area contributed by atoms with Crippen LogP contribution < -0.4 is 0 Å². The Balaban J connectivity index is 2.04. The molecular formula is C22H31NO2. The zero-order valence-electron chi connectivity index (χ0n) is 16.2. The number of carbonyl (C=O) groups excluding carboxylic acids is 1. The van der Waals surface area contributed by atoms with Gasteiger partial charge in [-0.2, -0.15) is 0 Å². The zero-order chi connectivity index (χ0) is 18.4. The van der Waals surface area contributed by atoms with E-state index in [-0.39, 0.29) is 6.09 Å². The standard InChI is InChI=1S/C22H31NO2/c1-17-6-10-19(11-7-17)14-15-23(21(24)25-22(3,4)5)16-20-12-8-18(2)9-13-20/h6,8-13,17H,7,14-16H2,1-5H3. The van der Waals surface area contributed by atoms with E-state index in [0.29, 0.717) is 19.0 Å². The van der Waals surface area contributed by atoms with Gasteiger partial charge in [0.1, 0.15) is 5.60 Å². The van der Waals surface area contributed by atoms with E-state index in [0.717, 1.165) is 18.4 Å². The Hall–Kier alpha value is -2.03. The van der Waals surface area contributed by atoms with Crippen molar-refractivity contribution in [1.29, 1.82) is 0 Å². The topological polar surface area (TPSA) is 29.5 Å². The fourth-order valence-corrected chi connectivity index (χ4v) is 2.70. The molecule has 1 atom stereocenters. The van der Waals surface area contributed by atoms with Gasteiger partial charge in [-0.25, -0.2) is 4.79 Å². The molecule has 0 N–H and O–H groups in total. The first kappa shape index (κ1) is 19.3. The number of rotatable bonds is 5. The Morgan fingerprint density at radius 1 is 1.24 bits per heavy atom. The third-order valence-corrected chi connectivity index (χ3v) is 4.21. The molecule has 0 radical (unpaired) electrons. The van der Waals surface area contributed by atoms with Crippen LogP contribution in [0.5, 0.6) is 0 Å². The predicted molar refractivity (Wildman–Crippen MR) is 103 cm³/mol. The number of allylic oxidation sites excluding steroid dienone is 3. The maximum Gasteiger partial charge on any atom is 0.410 e. The summed E-state index contributed by atoms with van der Waals surface area (Å²) in [5.74, 6) is 0.610. The summed E-state index contributed by atoms with van der Waals surface area (Å²) in [5.41, 5.74) is 3.16. The molecule has 0 saturated carbocycles. The smallest absolute Gasteiger partial charge is 0.410 e. The SMILES string of the molecule is Cc1ccc(CN(CCC2=CCC(C)C=C2)C(=O)OC(C)(C)C)cc1. The molecule has 1 aromatic rings. The number of carbonyl (C=O) groups is 1. The van der Waals surface area contributed by atoms with E-state index in [1.54, 1.807) is 0 Å². The molecule has 0 fully saturated rings. The van der Waals surface area contributed by atoms with Crippen LogP contribution in [0.2, 0.25) is 0 Å². The average molecular weight is 341 g/mol. The second-order valence-corrected chi connectivity index (χ2v) is 7.99. The second kappa shape index (κ2) is 8.37. The molecule has 136 valence electrons. The monoisotopic (exact) mass is 341 g/mol. The summed E-state index contributed by atoms with van der Waals surface area (Å²) in [7, 11) is 0. The van der Waals surface area contributed by atoms with Gasteiger partial charge < -0.3 is 9.64 Å². The number of nitrogens with zero attached hydrogens (tertiary/aromatic N) is 1. The van der Waals surface area contributed by atoms with Crippen LogP contribution in [0, 0.1) is 12.8 Å². The summed E-state index contributed by atoms with van der Waals surface area (Å²) < 4.78 is 5.60. The van der Waals surface area contributed by atoms with E-state index in [1.165, 1.54) is 11.1 Å². The Morgan fingerprint density at radius 2 is 1.92 bits per heavy atom. The van der Waals surface area contributed by atoms with E-state index in [9.17, 15) is 4.79 Å². The summed E-state index contributed by atoms with van der Waals surface area (Å²) in [6.07, 6.45) is 8.40. The van der Waals surface area contributed by atoms with E-state index in [1.807, 2.05) is 25.7 Å². The molecule has 0 aromatic heterocycles. The highest BCUT2D eigenvalue weighted by Crippen LogP contribution is 2.20. The van der Waals surface area contributed by atoms with Gasteiger partial charge in [0, 0.05) is 13.1 Å². The minimum atomic E-state index is -0.484. The molecule has 25 heavy (non-hydrogen) atoms. The van der Waals surface area contributed by atoms with Crippen molar-refractivity contribution in [3.8, 4) is 0 Å². The Labute approximate surface area is 152 Å². The first-order valence-corrected chi connectivity index (χ1v) is 9.13. The second-order valence-electron chi connectivity index (χ2n) is 7.99. The number of amides is 1. The van der Waals surface area contributed by atoms with Gasteiger partial charge >= 0.3 is 6.09 Å². The highest BCUT2D eigenvalue weighted by molar-refractivity contribution is 5.68. The summed E-state index contributed by atoms with van der Waals surface area (Å²) in [6.45, 7) is 11.2. The van der Waals surface area contributed by atoms with E-state index < -0.39 is 5.60 Å². The van der Waals surface area contributed by atoms with Crippen molar-refractivity contribution in [2.45, 2.75) is 59.6 Å². The highest BCUT2D eigenvalue weighted by Gasteiger charge is 2.22. The first-order valence-electron chi connectivity index (χ1n) is 9.13. The summed E-state index contributed by atoms with van der Waals surface area (Å²) in [5, 5.41) is 0. The van der Waals surface area contributed by atoms with Crippen molar-refractivity contribution in [1.82, 2.24) is 4.90 Å². The minimum absolute atomic E-state index is 0.248. The van der Waals surface area contributed by atoms with Gasteiger partial charge in [-0.3, -0.25) is 0 Å². The van der Waals surface area contributed by atoms with E-state index >= 15 is 0 Å². The summed E-state index contributed by atoms with van der Waals surface area (Å²) in [6, 6.07) is 8.31. The van der Waals surface area contributed by atoms with Gasteiger partial charge in [-0.05, 0) is 52.0 Å². The number of aryl methyl sites for hydroxylation is 1. The van der Waals surface area contributed by atoms with Crippen LogP contribution in [0.25, 0.3) is 0 Å². The van der Waals surface area contributed by atoms with Gasteiger partial charge in [-0.1, -0.05) is 60.6 Å². The van der Waals surface area contributed by atoms with E-state index in [4.69, 9.17) is 4.74 Å². The highest BCUT2D eigenvalue weighted by atomic mass is 16.6. The molecule has 1 unspecified atom stereocenters. The van der Waals surface area contributed by atoms with Crippen molar-refractivity contribution in [3.63, 3.8) is 0 Å². The van der Waals surface area contributed by atoms with Crippen LogP contribution in [-0.4, -0.2) is 23.1 Å². The number of ether oxygens (including phenoxy) is 1. The molecule has 3 nitrogen and oxygen atoms in total. The maximum absolute atomic E-state index is 12.6. The third-order valence-electron chi connectivity index (χ3n) is 4.21. The van der Waals surface area contributed by atoms with Crippen LogP contribution in [0.1, 0.15) is 51.7 Å². The molecule has 0 spiro atoms. The summed E-state index contributed by atoms with van der Waals surface area (Å²) >= 11 is 0. The van der Waals surface area contributed by atoms with Gasteiger partial charge in [-0.15, -0.1) is 0 Å². The number of hydrogen-bond donors (Lipinski definition) is 0. The molecular weight excluding hydrogens is 310 g/mol. The lowest BCUT2D eigenvalue weighted by molar-refractivity contribution is 0.0236. The van der Waals surface area contributed by atoms with Gasteiger partial charge in [0.05, 0.1) is 0 Å². The molecule has 0 bridgehead atoms. The minimum Gasteiger partial charge on any atom is -0.444 e. The molecule has 0 saturated heterocycles. The van der Waals surface area contributed by atoms with Crippen molar-refractivity contribution in [2.24, 2.45) is 5.92 Å². The van der Waals surface area contributed by atoms with Gasteiger partial charge in [0.15, 0.2) is 0 Å². The molecule has 3 heteroatoms. The fraction of sp³-hybridized carbons (Fsp3) is 0.500. The molecule has 0 aliphatic heterocycles. The van der Waals surface area contributed by atoms with Crippen molar-refractivity contribution >= 4 is 6.09 Å². The lowest BCUT2D eigenvalue weighted by Crippen LogP contribution is -2.37. The van der Waals surface area contributed by atoms with Crippen LogP contribution in [0.15, 0.2) is 48.1 Å². The largest absolute Gasteiger partial charge is 0.444 e. The van der Waals surface area contributed by atoms with Crippen LogP contribution in [0.4, 0.5) is 4.79 Å². The van der Waals surface area contributed by atoms with Gasteiger partial charge in [0.25, 0.3) is 0 Å². The van der Waals surface area contributed by atoms with Gasteiger partial charge in [0.2, 0.25) is 0 Å². The molecule has 0 heterocycles. The lowest BCUT2D eigenvalue weighted by atomic mass is 9.97. The number of hydrogen-bond acceptors (Lipinski definition) is 2. The quantitative estimate of drug-likeness (QED) is 0.693. The van der Waals surface area contributed by atoms with Crippen molar-refractivity contribution in [2.75, 3.05) is 6.54 Å². The lowest BCUT2D eigenvalue weighted by Gasteiger charge is -2.28. The predicted octanol–water partition coefficient (Wildman–Crippen LogP) is 5.64. The van der Waals surface area contributed by atoms with Crippen molar-refractivity contribution < 1.29 is 9.53 Å². The van der Waals surface area contributed by atoms with Crippen LogP contribution in [-0.2, 0) is 11.3 Å². The van der Waals surface area contributed by atoms with E-state index in [2.05, 4.69) is 56.3 Å². The zero-order valence-corrected chi connectivity index (χ0v) is 16.2. The Morgan fingerprint density at radius 3 is 2.48 bits per heavy atom. The molecule has 1 amide bonds. The molecule has 1 aliphatic carbocycles. The van der Waals surface area contributed by atoms with Crippen molar-refractivity contribution in [3.05, 3.63) is 59.2 Å². The molecule has 1 aliphatic rings. The normalized spacial score (nSPS) is 17.2. The first-order chi connectivity index (χ1) is 11.7. The molecule has 1 aromatic carbocycles. The maximum atomic E-state index is 12.6. The van der Waals surface area contributed by atoms with Crippen LogP contribution in [0.3, 0.4) is 0 Å². The average Bonchev–Trinajstić information content (AvgIpc) is 2.53. The van der Waals surface area contributed by atoms with Crippen LogP contribution >= 0.6 is 0 Å². The fourth-order valence-electron chi connectivity index (χ4n) is 2.70. The third kappa shape index (κ3) is 6.77. The number of benzene rings is 1. The Bertz CT molecular complexity index is 635. The summed E-state index contributed by atoms with van der Waals surface area (Å²) in [4.78, 5) is 14.4. The molecule has 2 rings (SSSR count). The Kier molecular flexibility index (Phi) is 6.46.